The number of hydrogen-bond acceptors (Lipinski definition) is 3. The van der Waals surface area contributed by atoms with Gasteiger partial charge in [0, 0.05) is 0 Å². The Morgan fingerprint density at radius 2 is 1.82 bits per heavy atom. The van der Waals surface area contributed by atoms with Crippen molar-refractivity contribution in [3.8, 4) is 5.75 Å². The minimum Gasteiger partial charge on any atom is -0.490 e. The molecule has 0 radical (unpaired) electrons. The molecule has 0 aliphatic carbocycles. The molecule has 0 saturated carbocycles. The largest absolute Gasteiger partial charge is 0.490 e. The predicted octanol–water partition coefficient (Wildman–Crippen LogP) is 3.62. The van der Waals surface area contributed by atoms with Crippen LogP contribution >= 0.6 is 0 Å². The summed E-state index contributed by atoms with van der Waals surface area (Å²) in [5, 5.41) is 0. The number of nitrogens with two attached hydrogens (primary N) is 1. The monoisotopic (exact) mass is 295 g/mol. The average Bonchev–Trinajstić information content (AvgIpc) is 2.77. The van der Waals surface area contributed by atoms with E-state index in [9.17, 15) is 0 Å². The van der Waals surface area contributed by atoms with Crippen LogP contribution in [-0.2, 0) is 6.54 Å². The van der Waals surface area contributed by atoms with Crippen molar-refractivity contribution >= 4 is 16.7 Å². The normalized spacial score (nSPS) is 11.0. The van der Waals surface area contributed by atoms with E-state index in [1.807, 2.05) is 31.2 Å². The first-order chi connectivity index (χ1) is 10.6. The Kier molecular flexibility index (Phi) is 3.75. The van der Waals surface area contributed by atoms with Gasteiger partial charge in [-0.2, -0.15) is 0 Å². The van der Waals surface area contributed by atoms with E-state index in [-0.39, 0.29) is 0 Å². The maximum Gasteiger partial charge on any atom is 0.142 e. The predicted molar refractivity (Wildman–Crippen MR) is 90.3 cm³/mol. The summed E-state index contributed by atoms with van der Waals surface area (Å²) >= 11 is 0. The highest BCUT2D eigenvalue weighted by Gasteiger charge is 2.09. The molecule has 0 bridgehead atoms. The van der Waals surface area contributed by atoms with E-state index in [4.69, 9.17) is 10.5 Å². The second-order valence-corrected chi connectivity index (χ2v) is 5.62. The smallest absolute Gasteiger partial charge is 0.142 e. The zero-order valence-corrected chi connectivity index (χ0v) is 13.3. The van der Waals surface area contributed by atoms with E-state index < -0.39 is 0 Å². The SMILES string of the molecule is Cc1cc2nc(C)n(CCOc3ccccc3N)c2cc1C. The van der Waals surface area contributed by atoms with Crippen molar-refractivity contribution in [1.82, 2.24) is 9.55 Å². The van der Waals surface area contributed by atoms with Gasteiger partial charge in [-0.1, -0.05) is 12.1 Å². The maximum absolute atomic E-state index is 5.89. The van der Waals surface area contributed by atoms with Gasteiger partial charge in [0.25, 0.3) is 0 Å². The topological polar surface area (TPSA) is 53.1 Å². The summed E-state index contributed by atoms with van der Waals surface area (Å²) in [6.07, 6.45) is 0. The first-order valence-corrected chi connectivity index (χ1v) is 7.47. The van der Waals surface area contributed by atoms with Gasteiger partial charge < -0.3 is 15.0 Å². The molecule has 3 aromatic rings. The first kappa shape index (κ1) is 14.4. The first-order valence-electron chi connectivity index (χ1n) is 7.47. The molecule has 0 unspecified atom stereocenters. The fraction of sp³-hybridized carbons (Fsp3) is 0.278. The van der Waals surface area contributed by atoms with E-state index >= 15 is 0 Å². The Labute approximate surface area is 130 Å². The van der Waals surface area contributed by atoms with E-state index in [2.05, 4.69) is 35.5 Å². The number of nitrogens with zero attached hydrogens (tertiary/aromatic N) is 2. The molecular weight excluding hydrogens is 274 g/mol. The lowest BCUT2D eigenvalue weighted by molar-refractivity contribution is 0.300. The number of rotatable bonds is 4. The van der Waals surface area contributed by atoms with Crippen molar-refractivity contribution in [2.75, 3.05) is 12.3 Å². The maximum atomic E-state index is 5.89. The fourth-order valence-electron chi connectivity index (χ4n) is 2.64. The number of anilines is 1. The lowest BCUT2D eigenvalue weighted by atomic mass is 10.1. The number of nitrogen functional groups attached to an aromatic ring is 1. The van der Waals surface area contributed by atoms with E-state index in [0.29, 0.717) is 12.3 Å². The van der Waals surface area contributed by atoms with Crippen LogP contribution in [0.15, 0.2) is 36.4 Å². The summed E-state index contributed by atoms with van der Waals surface area (Å²) < 4.78 is 7.99. The van der Waals surface area contributed by atoms with Crippen molar-refractivity contribution in [1.29, 1.82) is 0 Å². The Balaban J connectivity index is 1.81. The summed E-state index contributed by atoms with van der Waals surface area (Å²) in [4.78, 5) is 4.64. The highest BCUT2D eigenvalue weighted by Crippen LogP contribution is 2.22. The molecule has 2 N–H and O–H groups in total. The van der Waals surface area contributed by atoms with Crippen LogP contribution in [0.1, 0.15) is 17.0 Å². The molecule has 114 valence electrons. The molecule has 4 nitrogen and oxygen atoms in total. The summed E-state index contributed by atoms with van der Waals surface area (Å²) in [5.74, 6) is 1.74. The van der Waals surface area contributed by atoms with Crippen LogP contribution < -0.4 is 10.5 Å². The molecule has 0 amide bonds. The van der Waals surface area contributed by atoms with Crippen molar-refractivity contribution in [2.24, 2.45) is 0 Å². The van der Waals surface area contributed by atoms with Gasteiger partial charge in [0.1, 0.15) is 18.2 Å². The third-order valence-corrected chi connectivity index (χ3v) is 4.05. The molecule has 0 fully saturated rings. The summed E-state index contributed by atoms with van der Waals surface area (Å²) in [6, 6.07) is 11.9. The Morgan fingerprint density at radius 3 is 2.59 bits per heavy atom. The van der Waals surface area contributed by atoms with Crippen LogP contribution in [0.5, 0.6) is 5.75 Å². The van der Waals surface area contributed by atoms with Crippen LogP contribution in [0.4, 0.5) is 5.69 Å². The van der Waals surface area contributed by atoms with E-state index in [0.717, 1.165) is 29.2 Å². The molecule has 1 aromatic heterocycles. The fourth-order valence-corrected chi connectivity index (χ4v) is 2.64. The Morgan fingerprint density at radius 1 is 1.09 bits per heavy atom. The summed E-state index contributed by atoms with van der Waals surface area (Å²) in [6.45, 7) is 7.58. The van der Waals surface area contributed by atoms with Crippen molar-refractivity contribution in [2.45, 2.75) is 27.3 Å². The molecule has 0 saturated heterocycles. The van der Waals surface area contributed by atoms with Crippen LogP contribution in [-0.4, -0.2) is 16.2 Å². The highest BCUT2D eigenvalue weighted by atomic mass is 16.5. The number of hydrogen-bond donors (Lipinski definition) is 1. The molecule has 22 heavy (non-hydrogen) atoms. The summed E-state index contributed by atoms with van der Waals surface area (Å²) in [7, 11) is 0. The highest BCUT2D eigenvalue weighted by molar-refractivity contribution is 5.78. The zero-order valence-electron chi connectivity index (χ0n) is 13.3. The average molecular weight is 295 g/mol. The van der Waals surface area contributed by atoms with Gasteiger partial charge in [0.2, 0.25) is 0 Å². The molecule has 0 spiro atoms. The van der Waals surface area contributed by atoms with Crippen molar-refractivity contribution < 1.29 is 4.74 Å². The lowest BCUT2D eigenvalue weighted by Crippen LogP contribution is -2.10. The second kappa shape index (κ2) is 5.72. The third kappa shape index (κ3) is 2.64. The second-order valence-electron chi connectivity index (χ2n) is 5.62. The van der Waals surface area contributed by atoms with Gasteiger partial charge in [-0.15, -0.1) is 0 Å². The van der Waals surface area contributed by atoms with Gasteiger partial charge in [-0.3, -0.25) is 0 Å². The number of fused-ring (bicyclic) bond motifs is 1. The minimum atomic E-state index is 0.563. The molecule has 0 aliphatic heterocycles. The Bertz CT molecular complexity index is 821. The van der Waals surface area contributed by atoms with Crippen LogP contribution in [0.2, 0.25) is 0 Å². The quantitative estimate of drug-likeness (QED) is 0.748. The number of ether oxygens (including phenoxy) is 1. The van der Waals surface area contributed by atoms with Crippen molar-refractivity contribution in [3.05, 3.63) is 53.3 Å². The van der Waals surface area contributed by atoms with Gasteiger partial charge in [0.05, 0.1) is 23.3 Å². The molecule has 0 aliphatic rings. The zero-order chi connectivity index (χ0) is 15.7. The number of benzene rings is 2. The van der Waals surface area contributed by atoms with E-state index in [1.165, 1.54) is 11.1 Å². The molecule has 4 heteroatoms. The number of aryl methyl sites for hydroxylation is 3. The van der Waals surface area contributed by atoms with Crippen LogP contribution in [0, 0.1) is 20.8 Å². The molecule has 1 heterocycles. The van der Waals surface area contributed by atoms with Gasteiger partial charge in [-0.05, 0) is 56.2 Å². The number of para-hydroxylation sites is 2. The molecule has 0 atom stereocenters. The van der Waals surface area contributed by atoms with Gasteiger partial charge in [0.15, 0.2) is 0 Å². The number of imidazole rings is 1. The van der Waals surface area contributed by atoms with Crippen LogP contribution in [0.25, 0.3) is 11.0 Å². The minimum absolute atomic E-state index is 0.563. The summed E-state index contributed by atoms with van der Waals surface area (Å²) in [5.41, 5.74) is 11.3. The van der Waals surface area contributed by atoms with E-state index in [1.54, 1.807) is 0 Å². The molecule has 2 aromatic carbocycles. The Hall–Kier alpha value is -2.49. The molecule has 3 rings (SSSR count). The third-order valence-electron chi connectivity index (χ3n) is 4.05. The van der Waals surface area contributed by atoms with Crippen molar-refractivity contribution in [3.63, 3.8) is 0 Å². The lowest BCUT2D eigenvalue weighted by Gasteiger charge is -2.11. The van der Waals surface area contributed by atoms with Crippen LogP contribution in [0.3, 0.4) is 0 Å². The van der Waals surface area contributed by atoms with Gasteiger partial charge >= 0.3 is 0 Å². The number of aromatic nitrogens is 2. The molecular formula is C18H21N3O. The standard InChI is InChI=1S/C18H21N3O/c1-12-10-16-17(11-13(12)2)21(14(3)20-16)8-9-22-18-7-5-4-6-15(18)19/h4-7,10-11H,8-9,19H2,1-3H3. The van der Waals surface area contributed by atoms with Gasteiger partial charge in [-0.25, -0.2) is 4.98 Å².